The zero-order chi connectivity index (χ0) is 15.2. The second-order valence-corrected chi connectivity index (χ2v) is 6.11. The summed E-state index contributed by atoms with van der Waals surface area (Å²) in [6.45, 7) is 6.84. The van der Waals surface area contributed by atoms with Crippen LogP contribution in [0.25, 0.3) is 0 Å². The molecule has 1 atom stereocenters. The molecule has 118 valence electrons. The molecule has 4 heteroatoms. The summed E-state index contributed by atoms with van der Waals surface area (Å²) >= 11 is 0. The Morgan fingerprint density at radius 2 is 2.10 bits per heavy atom. The van der Waals surface area contributed by atoms with Gasteiger partial charge in [-0.25, -0.2) is 0 Å². The van der Waals surface area contributed by atoms with Gasteiger partial charge in [-0.2, -0.15) is 0 Å². The molecule has 0 aromatic carbocycles. The van der Waals surface area contributed by atoms with Crippen molar-refractivity contribution in [3.8, 4) is 0 Å². The minimum absolute atomic E-state index is 0.127. The van der Waals surface area contributed by atoms with Gasteiger partial charge in [0, 0.05) is 32.6 Å². The van der Waals surface area contributed by atoms with E-state index in [0.717, 1.165) is 26.1 Å². The van der Waals surface area contributed by atoms with Crippen molar-refractivity contribution < 1.29 is 9.59 Å². The third-order valence-corrected chi connectivity index (χ3v) is 4.73. The van der Waals surface area contributed by atoms with Gasteiger partial charge in [0.05, 0.1) is 5.92 Å². The Morgan fingerprint density at radius 1 is 1.33 bits per heavy atom. The normalized spacial score (nSPS) is 22.4. The average Bonchev–Trinajstić information content (AvgIpc) is 2.88. The van der Waals surface area contributed by atoms with E-state index in [-0.39, 0.29) is 17.7 Å². The van der Waals surface area contributed by atoms with Gasteiger partial charge < -0.3 is 9.80 Å². The second kappa shape index (κ2) is 7.62. The highest BCUT2D eigenvalue weighted by Crippen LogP contribution is 2.24. The minimum Gasteiger partial charge on any atom is -0.343 e. The molecule has 1 aliphatic carbocycles. The minimum atomic E-state index is -0.127. The van der Waals surface area contributed by atoms with Crippen LogP contribution in [0.5, 0.6) is 0 Å². The van der Waals surface area contributed by atoms with E-state index in [0.29, 0.717) is 13.0 Å². The number of likely N-dealkylation sites (tertiary alicyclic amines) is 1. The van der Waals surface area contributed by atoms with Crippen LogP contribution < -0.4 is 0 Å². The Labute approximate surface area is 128 Å². The zero-order valence-corrected chi connectivity index (χ0v) is 13.4. The molecule has 0 radical (unpaired) electrons. The van der Waals surface area contributed by atoms with E-state index in [1.165, 1.54) is 31.3 Å². The van der Waals surface area contributed by atoms with Crippen molar-refractivity contribution in [2.75, 3.05) is 26.2 Å². The van der Waals surface area contributed by atoms with Gasteiger partial charge in [0.2, 0.25) is 11.8 Å². The molecule has 4 nitrogen and oxygen atoms in total. The first kappa shape index (κ1) is 16.1. The van der Waals surface area contributed by atoms with Gasteiger partial charge in [-0.1, -0.05) is 11.6 Å². The lowest BCUT2D eigenvalue weighted by molar-refractivity contribution is -0.135. The molecule has 1 unspecified atom stereocenters. The molecule has 2 amide bonds. The van der Waals surface area contributed by atoms with Crippen LogP contribution in [0.4, 0.5) is 0 Å². The number of carbonyl (C=O) groups excluding carboxylic acids is 2. The van der Waals surface area contributed by atoms with E-state index in [2.05, 4.69) is 6.08 Å². The molecule has 1 saturated heterocycles. The van der Waals surface area contributed by atoms with Gasteiger partial charge in [-0.15, -0.1) is 0 Å². The van der Waals surface area contributed by atoms with E-state index in [1.54, 1.807) is 0 Å². The predicted octanol–water partition coefficient (Wildman–Crippen LogP) is 2.59. The fourth-order valence-electron chi connectivity index (χ4n) is 3.36. The molecule has 1 aliphatic heterocycles. The van der Waals surface area contributed by atoms with Crippen LogP contribution in [-0.4, -0.2) is 47.8 Å². The van der Waals surface area contributed by atoms with Gasteiger partial charge in [0.15, 0.2) is 0 Å². The lowest BCUT2D eigenvalue weighted by Crippen LogP contribution is -2.37. The standard InChI is InChI=1S/C17H28N2O2/c1-3-18(4-2)17(21)15-12-16(20)19(13-15)11-10-14-8-6-5-7-9-14/h8,15H,3-7,9-13H2,1-2H3. The summed E-state index contributed by atoms with van der Waals surface area (Å²) in [7, 11) is 0. The SMILES string of the molecule is CCN(CC)C(=O)C1CC(=O)N(CCC2=CCCCC2)C1. The summed E-state index contributed by atoms with van der Waals surface area (Å²) in [4.78, 5) is 28.2. The molecule has 1 heterocycles. The summed E-state index contributed by atoms with van der Waals surface area (Å²) in [6.07, 6.45) is 8.67. The molecule has 21 heavy (non-hydrogen) atoms. The van der Waals surface area contributed by atoms with Crippen LogP contribution in [0.15, 0.2) is 11.6 Å². The highest BCUT2D eigenvalue weighted by atomic mass is 16.2. The van der Waals surface area contributed by atoms with Crippen molar-refractivity contribution >= 4 is 11.8 Å². The topological polar surface area (TPSA) is 40.6 Å². The van der Waals surface area contributed by atoms with Gasteiger partial charge >= 0.3 is 0 Å². The lowest BCUT2D eigenvalue weighted by Gasteiger charge is -2.23. The first-order valence-electron chi connectivity index (χ1n) is 8.40. The van der Waals surface area contributed by atoms with E-state index in [9.17, 15) is 9.59 Å². The number of carbonyl (C=O) groups is 2. The monoisotopic (exact) mass is 292 g/mol. The number of hydrogen-bond acceptors (Lipinski definition) is 2. The molecule has 0 aromatic rings. The van der Waals surface area contributed by atoms with Crippen molar-refractivity contribution in [2.24, 2.45) is 5.92 Å². The summed E-state index contributed by atoms with van der Waals surface area (Å²) in [5.74, 6) is 0.169. The van der Waals surface area contributed by atoms with Crippen LogP contribution in [0, 0.1) is 5.92 Å². The fraction of sp³-hybridized carbons (Fsp3) is 0.765. The fourth-order valence-corrected chi connectivity index (χ4v) is 3.36. The lowest BCUT2D eigenvalue weighted by atomic mass is 9.97. The van der Waals surface area contributed by atoms with Crippen molar-refractivity contribution in [1.82, 2.24) is 9.80 Å². The van der Waals surface area contributed by atoms with E-state index in [4.69, 9.17) is 0 Å². The van der Waals surface area contributed by atoms with E-state index < -0.39 is 0 Å². The quantitative estimate of drug-likeness (QED) is 0.706. The van der Waals surface area contributed by atoms with Crippen LogP contribution in [0.2, 0.25) is 0 Å². The smallest absolute Gasteiger partial charge is 0.227 e. The third kappa shape index (κ3) is 4.08. The molecule has 1 fully saturated rings. The Hall–Kier alpha value is -1.32. The van der Waals surface area contributed by atoms with Gasteiger partial charge in [0.25, 0.3) is 0 Å². The molecular formula is C17H28N2O2. The zero-order valence-electron chi connectivity index (χ0n) is 13.4. The summed E-state index contributed by atoms with van der Waals surface area (Å²) in [6, 6.07) is 0. The molecule has 2 aliphatic rings. The Kier molecular flexibility index (Phi) is 5.83. The second-order valence-electron chi connectivity index (χ2n) is 6.11. The van der Waals surface area contributed by atoms with E-state index >= 15 is 0 Å². The number of hydrogen-bond donors (Lipinski definition) is 0. The van der Waals surface area contributed by atoms with Gasteiger partial charge in [-0.3, -0.25) is 9.59 Å². The summed E-state index contributed by atoms with van der Waals surface area (Å²) < 4.78 is 0. The van der Waals surface area contributed by atoms with E-state index in [1.807, 2.05) is 23.6 Å². The van der Waals surface area contributed by atoms with Crippen molar-refractivity contribution in [2.45, 2.75) is 52.4 Å². The molecule has 0 saturated carbocycles. The maximum absolute atomic E-state index is 12.3. The van der Waals surface area contributed by atoms with Gasteiger partial charge in [0.1, 0.15) is 0 Å². The largest absolute Gasteiger partial charge is 0.343 e. The first-order chi connectivity index (χ1) is 10.2. The first-order valence-corrected chi connectivity index (χ1v) is 8.40. The van der Waals surface area contributed by atoms with Crippen molar-refractivity contribution in [3.05, 3.63) is 11.6 Å². The Balaban J connectivity index is 1.84. The number of rotatable bonds is 6. The predicted molar refractivity (Wildman–Crippen MR) is 83.8 cm³/mol. The van der Waals surface area contributed by atoms with Crippen molar-refractivity contribution in [3.63, 3.8) is 0 Å². The average molecular weight is 292 g/mol. The molecule has 0 N–H and O–H groups in total. The third-order valence-electron chi connectivity index (χ3n) is 4.73. The number of allylic oxidation sites excluding steroid dienone is 1. The maximum Gasteiger partial charge on any atom is 0.227 e. The Bertz CT molecular complexity index is 413. The van der Waals surface area contributed by atoms with Crippen LogP contribution in [-0.2, 0) is 9.59 Å². The van der Waals surface area contributed by atoms with Crippen LogP contribution in [0.3, 0.4) is 0 Å². The molecular weight excluding hydrogens is 264 g/mol. The van der Waals surface area contributed by atoms with Crippen LogP contribution in [0.1, 0.15) is 52.4 Å². The molecule has 0 bridgehead atoms. The summed E-state index contributed by atoms with van der Waals surface area (Å²) in [5, 5.41) is 0. The Morgan fingerprint density at radius 3 is 2.71 bits per heavy atom. The van der Waals surface area contributed by atoms with Crippen LogP contribution >= 0.6 is 0 Å². The molecule has 0 spiro atoms. The highest BCUT2D eigenvalue weighted by Gasteiger charge is 2.35. The van der Waals surface area contributed by atoms with Crippen molar-refractivity contribution in [1.29, 1.82) is 0 Å². The number of nitrogens with zero attached hydrogens (tertiary/aromatic N) is 2. The summed E-state index contributed by atoms with van der Waals surface area (Å²) in [5.41, 5.74) is 1.49. The molecule has 2 rings (SSSR count). The number of amides is 2. The maximum atomic E-state index is 12.3. The highest BCUT2D eigenvalue weighted by molar-refractivity contribution is 5.89. The molecule has 0 aromatic heterocycles. The van der Waals surface area contributed by atoms with Gasteiger partial charge in [-0.05, 0) is 46.0 Å².